The normalized spacial score (nSPS) is 9.19. The number of halogens is 1. The number of benzene rings is 4. The summed E-state index contributed by atoms with van der Waals surface area (Å²) in [5.74, 6) is 1.40. The van der Waals surface area contributed by atoms with Crippen molar-refractivity contribution in [3.63, 3.8) is 0 Å². The molecular weight excluding hydrogens is 519 g/mol. The Morgan fingerprint density at radius 3 is 1.64 bits per heavy atom. The average Bonchev–Trinajstić information content (AvgIpc) is 2.93. The second-order valence-electron chi connectivity index (χ2n) is 7.20. The molecule has 0 spiro atoms. The molecule has 6 nitrogen and oxygen atoms in total. The average molecular weight is 543 g/mol. The molecule has 0 heterocycles. The second kappa shape index (κ2) is 15.0. The number of hydrogen-bond donors (Lipinski definition) is 2. The van der Waals surface area contributed by atoms with Gasteiger partial charge in [0.2, 0.25) is 0 Å². The predicted molar refractivity (Wildman–Crippen MR) is 145 cm³/mol. The Kier molecular flexibility index (Phi) is 11.8. The lowest BCUT2D eigenvalue weighted by Crippen LogP contribution is -2.29. The van der Waals surface area contributed by atoms with Gasteiger partial charge in [-0.25, -0.2) is 0 Å². The fourth-order valence-corrected chi connectivity index (χ4v) is 3.42. The van der Waals surface area contributed by atoms with Gasteiger partial charge in [0.15, 0.2) is 0 Å². The molecule has 0 saturated heterocycles. The van der Waals surface area contributed by atoms with Crippen LogP contribution in [-0.4, -0.2) is 31.4 Å². The molecule has 4 aromatic carbocycles. The monoisotopic (exact) mass is 542 g/mol. The third kappa shape index (κ3) is 9.29. The fraction of sp³-hybridized carbons (Fsp3) is 0.0714. The predicted octanol–water partition coefficient (Wildman–Crippen LogP) is 4.93. The molecule has 0 fully saturated rings. The summed E-state index contributed by atoms with van der Waals surface area (Å²) in [4.78, 5) is 0. The Bertz CT molecular complexity index is 1320. The summed E-state index contributed by atoms with van der Waals surface area (Å²) in [6.07, 6.45) is 0. The standard InChI is InChI=1S/C14H11NO.C8H6BrNO.C6H7BO2/c1-16-14-8-11(10-15)7-13(9-14)12-5-3-2-4-6-12;1-11-8-3-6(5-10)2-7(9)4-8;8-7(9)6-4-2-1-3-5-6/h2-9H,1H3;2-4H,1H3;1-5,8-9H. The van der Waals surface area contributed by atoms with Gasteiger partial charge in [-0.1, -0.05) is 76.6 Å². The van der Waals surface area contributed by atoms with Gasteiger partial charge >= 0.3 is 7.12 Å². The highest BCUT2D eigenvalue weighted by atomic mass is 79.9. The molecule has 0 aliphatic carbocycles. The lowest BCUT2D eigenvalue weighted by Gasteiger charge is -2.05. The molecule has 0 bridgehead atoms. The summed E-state index contributed by atoms with van der Waals surface area (Å²) in [6.45, 7) is 0. The SMILES string of the molecule is COc1cc(Br)cc(C#N)c1.COc1cc(C#N)cc(-c2ccccc2)c1.OB(O)c1ccccc1. The minimum atomic E-state index is -1.34. The Morgan fingerprint density at radius 1 is 0.667 bits per heavy atom. The van der Waals surface area contributed by atoms with Crippen LogP contribution in [-0.2, 0) is 0 Å². The Hall–Kier alpha value is -4.08. The van der Waals surface area contributed by atoms with Crippen LogP contribution < -0.4 is 14.9 Å². The van der Waals surface area contributed by atoms with Crippen LogP contribution in [0.25, 0.3) is 11.1 Å². The Morgan fingerprint density at radius 2 is 1.17 bits per heavy atom. The van der Waals surface area contributed by atoms with Gasteiger partial charge in [-0.2, -0.15) is 10.5 Å². The largest absolute Gasteiger partial charge is 0.497 e. The van der Waals surface area contributed by atoms with Gasteiger partial charge < -0.3 is 19.5 Å². The van der Waals surface area contributed by atoms with Crippen LogP contribution >= 0.6 is 15.9 Å². The summed E-state index contributed by atoms with van der Waals surface area (Å²) in [5.41, 5.74) is 3.81. The minimum Gasteiger partial charge on any atom is -0.497 e. The zero-order valence-corrected chi connectivity index (χ0v) is 21.4. The number of hydrogen-bond acceptors (Lipinski definition) is 6. The Labute approximate surface area is 219 Å². The van der Waals surface area contributed by atoms with E-state index in [1.807, 2.05) is 54.6 Å². The van der Waals surface area contributed by atoms with Crippen molar-refractivity contribution in [2.45, 2.75) is 0 Å². The van der Waals surface area contributed by atoms with Crippen molar-refractivity contribution in [3.8, 4) is 34.8 Å². The van der Waals surface area contributed by atoms with Crippen LogP contribution in [0.4, 0.5) is 0 Å². The van der Waals surface area contributed by atoms with Crippen molar-refractivity contribution in [1.29, 1.82) is 10.5 Å². The van der Waals surface area contributed by atoms with E-state index < -0.39 is 7.12 Å². The third-order valence-corrected chi connectivity index (χ3v) is 5.17. The summed E-state index contributed by atoms with van der Waals surface area (Å²) < 4.78 is 11.0. The minimum absolute atomic E-state index is 0.525. The zero-order valence-electron chi connectivity index (χ0n) is 19.8. The van der Waals surface area contributed by atoms with Crippen molar-refractivity contribution in [2.75, 3.05) is 14.2 Å². The van der Waals surface area contributed by atoms with Crippen molar-refractivity contribution in [1.82, 2.24) is 0 Å². The van der Waals surface area contributed by atoms with Crippen LogP contribution in [0.15, 0.2) is 102 Å². The number of rotatable bonds is 4. The fourth-order valence-electron chi connectivity index (χ4n) is 2.95. The maximum Gasteiger partial charge on any atom is 0.488 e. The van der Waals surface area contributed by atoms with E-state index in [1.165, 1.54) is 0 Å². The van der Waals surface area contributed by atoms with E-state index in [-0.39, 0.29) is 0 Å². The first-order chi connectivity index (χ1) is 17.4. The van der Waals surface area contributed by atoms with Crippen LogP contribution in [0.1, 0.15) is 11.1 Å². The van der Waals surface area contributed by atoms with Crippen LogP contribution in [0.5, 0.6) is 11.5 Å². The molecule has 4 rings (SSSR count). The van der Waals surface area contributed by atoms with E-state index in [4.69, 9.17) is 30.0 Å². The molecule has 180 valence electrons. The van der Waals surface area contributed by atoms with Crippen molar-refractivity contribution in [3.05, 3.63) is 113 Å². The van der Waals surface area contributed by atoms with Crippen molar-refractivity contribution >= 4 is 28.5 Å². The van der Waals surface area contributed by atoms with Gasteiger partial charge in [-0.3, -0.25) is 0 Å². The number of nitrogens with zero attached hydrogens (tertiary/aromatic N) is 2. The third-order valence-electron chi connectivity index (χ3n) is 4.71. The molecule has 0 aliphatic rings. The van der Waals surface area contributed by atoms with E-state index in [0.29, 0.717) is 28.1 Å². The summed E-state index contributed by atoms with van der Waals surface area (Å²) in [7, 11) is 1.83. The van der Waals surface area contributed by atoms with Crippen LogP contribution in [0.3, 0.4) is 0 Å². The van der Waals surface area contributed by atoms with E-state index in [9.17, 15) is 0 Å². The lowest BCUT2D eigenvalue weighted by molar-refractivity contribution is 0.414. The maximum atomic E-state index is 8.92. The molecule has 2 N–H and O–H groups in total. The second-order valence-corrected chi connectivity index (χ2v) is 8.12. The maximum absolute atomic E-state index is 8.92. The first kappa shape index (κ1) is 28.2. The molecule has 8 heteroatoms. The molecule has 0 aromatic heterocycles. The van der Waals surface area contributed by atoms with Gasteiger partial charge in [-0.15, -0.1) is 0 Å². The number of nitriles is 2. The van der Waals surface area contributed by atoms with Gasteiger partial charge in [-0.05, 0) is 53.0 Å². The van der Waals surface area contributed by atoms with Crippen LogP contribution in [0, 0.1) is 22.7 Å². The molecule has 0 unspecified atom stereocenters. The highest BCUT2D eigenvalue weighted by Crippen LogP contribution is 2.25. The summed E-state index contributed by atoms with van der Waals surface area (Å²) >= 11 is 3.26. The molecular formula is C28H24BBrN2O4. The lowest BCUT2D eigenvalue weighted by atomic mass is 9.81. The van der Waals surface area contributed by atoms with E-state index in [1.54, 1.807) is 62.8 Å². The highest BCUT2D eigenvalue weighted by molar-refractivity contribution is 9.10. The van der Waals surface area contributed by atoms with Gasteiger partial charge in [0.1, 0.15) is 11.5 Å². The van der Waals surface area contributed by atoms with Gasteiger partial charge in [0.05, 0.1) is 37.5 Å². The van der Waals surface area contributed by atoms with Crippen LogP contribution in [0.2, 0.25) is 0 Å². The van der Waals surface area contributed by atoms with E-state index in [0.717, 1.165) is 15.6 Å². The summed E-state index contributed by atoms with van der Waals surface area (Å²) in [6, 6.07) is 33.5. The molecule has 0 amide bonds. The topological polar surface area (TPSA) is 106 Å². The smallest absolute Gasteiger partial charge is 0.488 e. The number of methoxy groups -OCH3 is 2. The first-order valence-electron chi connectivity index (χ1n) is 10.7. The van der Waals surface area contributed by atoms with E-state index in [2.05, 4.69) is 22.0 Å². The van der Waals surface area contributed by atoms with Crippen molar-refractivity contribution in [2.24, 2.45) is 0 Å². The highest BCUT2D eigenvalue weighted by Gasteiger charge is 2.07. The molecule has 0 radical (unpaired) electrons. The quantitative estimate of drug-likeness (QED) is 0.354. The first-order valence-corrected chi connectivity index (χ1v) is 11.5. The van der Waals surface area contributed by atoms with Crippen molar-refractivity contribution < 1.29 is 19.5 Å². The van der Waals surface area contributed by atoms with Gasteiger partial charge in [0.25, 0.3) is 0 Å². The Balaban J connectivity index is 0.000000200. The zero-order chi connectivity index (χ0) is 26.3. The molecule has 0 atom stereocenters. The molecule has 36 heavy (non-hydrogen) atoms. The molecule has 4 aromatic rings. The van der Waals surface area contributed by atoms with E-state index >= 15 is 0 Å². The molecule has 0 saturated carbocycles. The molecule has 0 aliphatic heterocycles. The van der Waals surface area contributed by atoms with Gasteiger partial charge in [0, 0.05) is 4.47 Å². The number of ether oxygens (including phenoxy) is 2. The summed E-state index contributed by atoms with van der Waals surface area (Å²) in [5, 5.41) is 34.6.